The van der Waals surface area contributed by atoms with Crippen molar-refractivity contribution in [3.63, 3.8) is 0 Å². The molecule has 6 nitrogen and oxygen atoms in total. The van der Waals surface area contributed by atoms with Crippen molar-refractivity contribution in [2.24, 2.45) is 5.92 Å². The molecule has 1 amide bonds. The summed E-state index contributed by atoms with van der Waals surface area (Å²) in [6.07, 6.45) is 0.131. The van der Waals surface area contributed by atoms with Gasteiger partial charge in [-0.3, -0.25) is 9.69 Å². The highest BCUT2D eigenvalue weighted by molar-refractivity contribution is 5.82. The van der Waals surface area contributed by atoms with E-state index >= 15 is 0 Å². The van der Waals surface area contributed by atoms with Gasteiger partial charge in [-0.2, -0.15) is 0 Å². The highest BCUT2D eigenvalue weighted by atomic mass is 16.3. The third-order valence-corrected chi connectivity index (χ3v) is 4.69. The Hall–Kier alpha value is -0.690. The molecule has 21 heavy (non-hydrogen) atoms. The topological polar surface area (TPSA) is 67.8 Å². The van der Waals surface area contributed by atoms with E-state index in [9.17, 15) is 9.90 Å². The lowest BCUT2D eigenvalue weighted by molar-refractivity contribution is -0.123. The van der Waals surface area contributed by atoms with Crippen LogP contribution >= 0.6 is 0 Å². The predicted molar refractivity (Wildman–Crippen MR) is 83.1 cm³/mol. The lowest BCUT2D eigenvalue weighted by Crippen LogP contribution is -2.55. The zero-order valence-corrected chi connectivity index (χ0v) is 13.5. The van der Waals surface area contributed by atoms with E-state index in [1.807, 2.05) is 0 Å². The van der Waals surface area contributed by atoms with Crippen molar-refractivity contribution in [1.29, 1.82) is 0 Å². The molecule has 0 aromatic heterocycles. The summed E-state index contributed by atoms with van der Waals surface area (Å²) < 4.78 is 0. The Morgan fingerprint density at radius 2 is 2.00 bits per heavy atom. The van der Waals surface area contributed by atoms with Crippen LogP contribution in [0, 0.1) is 5.92 Å². The summed E-state index contributed by atoms with van der Waals surface area (Å²) in [7, 11) is 2.15. The monoisotopic (exact) mass is 298 g/mol. The van der Waals surface area contributed by atoms with Crippen molar-refractivity contribution in [3.05, 3.63) is 0 Å². The molecule has 2 heterocycles. The van der Waals surface area contributed by atoms with Gasteiger partial charge < -0.3 is 20.6 Å². The van der Waals surface area contributed by atoms with Gasteiger partial charge in [0.15, 0.2) is 0 Å². The highest BCUT2D eigenvalue weighted by Gasteiger charge is 2.30. The molecule has 0 aromatic rings. The molecular weight excluding hydrogens is 268 g/mol. The lowest BCUT2D eigenvalue weighted by atomic mass is 10.0. The fourth-order valence-electron chi connectivity index (χ4n) is 3.19. The number of rotatable bonds is 5. The standard InChI is InChI=1S/C15H30N4O2/c1-11(2)14(19-6-4-18(3)5-7-19)10-17-15(21)13-8-12(20)9-16-13/h11-14,16,20H,4-10H2,1-3H3,(H,17,21). The maximum atomic E-state index is 12.1. The number of nitrogens with zero attached hydrogens (tertiary/aromatic N) is 2. The minimum absolute atomic E-state index is 0.0197. The van der Waals surface area contributed by atoms with Gasteiger partial charge in [0.1, 0.15) is 0 Å². The quantitative estimate of drug-likeness (QED) is 0.614. The number of β-amino-alcohol motifs (C(OH)–C–C–N with tert-alkyl or cyclic N) is 1. The van der Waals surface area contributed by atoms with Gasteiger partial charge in [0.25, 0.3) is 0 Å². The molecule has 2 fully saturated rings. The second-order valence-electron chi connectivity index (χ2n) is 6.75. The van der Waals surface area contributed by atoms with E-state index in [0.717, 1.165) is 26.2 Å². The number of nitrogens with one attached hydrogen (secondary N) is 2. The van der Waals surface area contributed by atoms with E-state index in [1.54, 1.807) is 0 Å². The first kappa shape index (κ1) is 16.7. The maximum absolute atomic E-state index is 12.1. The second-order valence-corrected chi connectivity index (χ2v) is 6.75. The number of piperazine rings is 1. The molecule has 3 N–H and O–H groups in total. The molecule has 2 aliphatic rings. The van der Waals surface area contributed by atoms with E-state index in [4.69, 9.17) is 0 Å². The normalized spacial score (nSPS) is 29.8. The van der Waals surface area contributed by atoms with Crippen molar-refractivity contribution in [3.8, 4) is 0 Å². The van der Waals surface area contributed by atoms with Crippen LogP contribution in [-0.2, 0) is 4.79 Å². The molecule has 3 atom stereocenters. The molecule has 2 saturated heterocycles. The average Bonchev–Trinajstić information content (AvgIpc) is 2.87. The van der Waals surface area contributed by atoms with Crippen LogP contribution in [-0.4, -0.2) is 85.3 Å². The average molecular weight is 298 g/mol. The third kappa shape index (κ3) is 4.64. The summed E-state index contributed by atoms with van der Waals surface area (Å²) in [6, 6.07) is 0.147. The molecule has 0 radical (unpaired) electrons. The molecule has 2 aliphatic heterocycles. The summed E-state index contributed by atoms with van der Waals surface area (Å²) in [4.78, 5) is 17.0. The molecule has 3 unspecified atom stereocenters. The number of amides is 1. The summed E-state index contributed by atoms with van der Waals surface area (Å²) in [5.74, 6) is 0.530. The van der Waals surface area contributed by atoms with Gasteiger partial charge in [-0.1, -0.05) is 13.8 Å². The molecule has 2 rings (SSSR count). The van der Waals surface area contributed by atoms with Crippen LogP contribution in [0.3, 0.4) is 0 Å². The van der Waals surface area contributed by atoms with Crippen molar-refractivity contribution < 1.29 is 9.90 Å². The van der Waals surface area contributed by atoms with Gasteiger partial charge in [0, 0.05) is 45.3 Å². The number of carbonyl (C=O) groups excluding carboxylic acids is 1. The molecule has 122 valence electrons. The first-order valence-electron chi connectivity index (χ1n) is 8.09. The largest absolute Gasteiger partial charge is 0.392 e. The predicted octanol–water partition coefficient (Wildman–Crippen LogP) is -0.903. The molecule has 0 bridgehead atoms. The van der Waals surface area contributed by atoms with Crippen LogP contribution in [0.4, 0.5) is 0 Å². The van der Waals surface area contributed by atoms with Crippen molar-refractivity contribution in [2.75, 3.05) is 46.3 Å². The van der Waals surface area contributed by atoms with Crippen molar-refractivity contribution >= 4 is 5.91 Å². The van der Waals surface area contributed by atoms with Crippen LogP contribution in [0.1, 0.15) is 20.3 Å². The van der Waals surface area contributed by atoms with Gasteiger partial charge in [0.05, 0.1) is 12.1 Å². The van der Waals surface area contributed by atoms with Gasteiger partial charge in [-0.05, 0) is 19.4 Å². The SMILES string of the molecule is CC(C)C(CNC(=O)C1CC(O)CN1)N1CCN(C)CC1. The summed E-state index contributed by atoms with van der Waals surface area (Å²) in [5, 5.41) is 15.6. The smallest absolute Gasteiger partial charge is 0.237 e. The first-order chi connectivity index (χ1) is 9.97. The van der Waals surface area contributed by atoms with Crippen LogP contribution in [0.2, 0.25) is 0 Å². The van der Waals surface area contributed by atoms with Crippen LogP contribution in [0.5, 0.6) is 0 Å². The Morgan fingerprint density at radius 1 is 1.33 bits per heavy atom. The van der Waals surface area contributed by atoms with Gasteiger partial charge in [-0.15, -0.1) is 0 Å². The number of hydrogen-bond donors (Lipinski definition) is 3. The zero-order valence-electron chi connectivity index (χ0n) is 13.5. The molecule has 6 heteroatoms. The Morgan fingerprint density at radius 3 is 2.52 bits per heavy atom. The van der Waals surface area contributed by atoms with E-state index in [2.05, 4.69) is 41.3 Å². The lowest BCUT2D eigenvalue weighted by Gasteiger charge is -2.40. The van der Waals surface area contributed by atoms with Crippen molar-refractivity contribution in [1.82, 2.24) is 20.4 Å². The highest BCUT2D eigenvalue weighted by Crippen LogP contribution is 2.13. The molecule has 0 aliphatic carbocycles. The van der Waals surface area contributed by atoms with E-state index in [0.29, 0.717) is 31.5 Å². The van der Waals surface area contributed by atoms with E-state index in [1.165, 1.54) is 0 Å². The number of carbonyl (C=O) groups is 1. The van der Waals surface area contributed by atoms with E-state index < -0.39 is 0 Å². The van der Waals surface area contributed by atoms with Gasteiger partial charge in [0.2, 0.25) is 5.91 Å². The molecule has 0 saturated carbocycles. The zero-order chi connectivity index (χ0) is 15.4. The first-order valence-corrected chi connectivity index (χ1v) is 8.09. The van der Waals surface area contributed by atoms with Gasteiger partial charge >= 0.3 is 0 Å². The fraction of sp³-hybridized carbons (Fsp3) is 0.933. The van der Waals surface area contributed by atoms with E-state index in [-0.39, 0.29) is 18.1 Å². The van der Waals surface area contributed by atoms with Crippen LogP contribution in [0.15, 0.2) is 0 Å². The minimum Gasteiger partial charge on any atom is -0.392 e. The number of aliphatic hydroxyl groups excluding tert-OH is 1. The van der Waals surface area contributed by atoms with Crippen LogP contribution in [0.25, 0.3) is 0 Å². The van der Waals surface area contributed by atoms with Crippen LogP contribution < -0.4 is 10.6 Å². The maximum Gasteiger partial charge on any atom is 0.237 e. The number of aliphatic hydroxyl groups is 1. The number of hydrogen-bond acceptors (Lipinski definition) is 5. The Bertz CT molecular complexity index is 343. The number of likely N-dealkylation sites (N-methyl/N-ethyl adjacent to an activating group) is 1. The van der Waals surface area contributed by atoms with Gasteiger partial charge in [-0.25, -0.2) is 0 Å². The minimum atomic E-state index is -0.390. The Labute approximate surface area is 127 Å². The Balaban J connectivity index is 1.81. The fourth-order valence-corrected chi connectivity index (χ4v) is 3.19. The molecular formula is C15H30N4O2. The second kappa shape index (κ2) is 7.54. The molecule has 0 aromatic carbocycles. The summed E-state index contributed by atoms with van der Waals surface area (Å²) in [6.45, 7) is 9.95. The molecule has 0 spiro atoms. The third-order valence-electron chi connectivity index (χ3n) is 4.69. The Kier molecular flexibility index (Phi) is 5.98. The van der Waals surface area contributed by atoms with Crippen molar-refractivity contribution in [2.45, 2.75) is 38.5 Å². The summed E-state index contributed by atoms with van der Waals surface area (Å²) >= 11 is 0. The summed E-state index contributed by atoms with van der Waals surface area (Å²) in [5.41, 5.74) is 0.